The summed E-state index contributed by atoms with van der Waals surface area (Å²) in [6, 6.07) is 3.98. The third kappa shape index (κ3) is 4.58. The second-order valence-electron chi connectivity index (χ2n) is 6.32. The molecular formula is C18H22N4O2. The fraction of sp³-hybridized carbons (Fsp3) is 0.444. The molecule has 6 nitrogen and oxygen atoms in total. The number of rotatable bonds is 7. The lowest BCUT2D eigenvalue weighted by Crippen LogP contribution is -2.48. The maximum atomic E-state index is 12.3. The van der Waals surface area contributed by atoms with Crippen LogP contribution in [0.4, 0.5) is 0 Å². The molecule has 0 bridgehead atoms. The highest BCUT2D eigenvalue weighted by molar-refractivity contribution is 5.76. The van der Waals surface area contributed by atoms with Gasteiger partial charge in [-0.2, -0.15) is 0 Å². The lowest BCUT2D eigenvalue weighted by molar-refractivity contribution is -0.122. The van der Waals surface area contributed by atoms with Gasteiger partial charge in [0, 0.05) is 43.4 Å². The van der Waals surface area contributed by atoms with Gasteiger partial charge in [0.2, 0.25) is 5.91 Å². The molecule has 2 aromatic heterocycles. The monoisotopic (exact) mass is 326 g/mol. The molecule has 2 aromatic rings. The summed E-state index contributed by atoms with van der Waals surface area (Å²) in [5.41, 5.74) is 1.96. The standard InChI is InChI=1S/C18H22N4O2/c23-16-10-14(11-16)17(9-13-3-5-19-6-4-13)22-18(24)2-1-15-12-20-7-8-21-15/h3-8,12,14,16-17,23H,1-2,9-11H2,(H,22,24)/t14?,16?,17-/m1/s1. The molecule has 2 N–H and O–H groups in total. The van der Waals surface area contributed by atoms with E-state index in [2.05, 4.69) is 20.3 Å². The summed E-state index contributed by atoms with van der Waals surface area (Å²) >= 11 is 0. The van der Waals surface area contributed by atoms with Crippen molar-refractivity contribution in [3.63, 3.8) is 0 Å². The van der Waals surface area contributed by atoms with Crippen molar-refractivity contribution in [2.24, 2.45) is 5.92 Å². The van der Waals surface area contributed by atoms with Gasteiger partial charge in [-0.15, -0.1) is 0 Å². The Hall–Kier alpha value is -2.34. The molecule has 0 unspecified atom stereocenters. The van der Waals surface area contributed by atoms with E-state index in [0.717, 1.165) is 30.5 Å². The van der Waals surface area contributed by atoms with E-state index in [1.165, 1.54) is 0 Å². The van der Waals surface area contributed by atoms with Crippen molar-refractivity contribution in [2.45, 2.75) is 44.2 Å². The summed E-state index contributed by atoms with van der Waals surface area (Å²) in [5, 5.41) is 12.7. The fourth-order valence-electron chi connectivity index (χ4n) is 3.05. The van der Waals surface area contributed by atoms with Crippen LogP contribution in [-0.2, 0) is 17.6 Å². The predicted octanol–water partition coefficient (Wildman–Crippen LogP) is 1.30. The summed E-state index contributed by atoms with van der Waals surface area (Å²) in [6.07, 6.45) is 11.5. The van der Waals surface area contributed by atoms with Crippen LogP contribution >= 0.6 is 0 Å². The highest BCUT2D eigenvalue weighted by Crippen LogP contribution is 2.31. The number of amides is 1. The Bertz CT molecular complexity index is 645. The van der Waals surface area contributed by atoms with Crippen molar-refractivity contribution in [1.29, 1.82) is 0 Å². The van der Waals surface area contributed by atoms with Crippen molar-refractivity contribution in [2.75, 3.05) is 0 Å². The summed E-state index contributed by atoms with van der Waals surface area (Å²) < 4.78 is 0. The van der Waals surface area contributed by atoms with Crippen LogP contribution in [0, 0.1) is 5.92 Å². The maximum Gasteiger partial charge on any atom is 0.220 e. The minimum atomic E-state index is -0.230. The largest absolute Gasteiger partial charge is 0.393 e. The zero-order chi connectivity index (χ0) is 16.8. The Morgan fingerprint density at radius 3 is 2.67 bits per heavy atom. The van der Waals surface area contributed by atoms with Gasteiger partial charge in [-0.05, 0) is 49.3 Å². The second kappa shape index (κ2) is 7.97. The van der Waals surface area contributed by atoms with E-state index < -0.39 is 0 Å². The SMILES string of the molecule is O=C(CCc1cnccn1)N[C@H](Cc1ccncc1)C1CC(O)C1. The van der Waals surface area contributed by atoms with Gasteiger partial charge in [-0.3, -0.25) is 19.7 Å². The van der Waals surface area contributed by atoms with Crippen LogP contribution in [0.5, 0.6) is 0 Å². The molecule has 1 atom stereocenters. The summed E-state index contributed by atoms with van der Waals surface area (Å²) in [5.74, 6) is 0.342. The predicted molar refractivity (Wildman–Crippen MR) is 89.0 cm³/mol. The zero-order valence-corrected chi connectivity index (χ0v) is 13.5. The first-order valence-corrected chi connectivity index (χ1v) is 8.32. The van der Waals surface area contributed by atoms with Gasteiger partial charge in [0.1, 0.15) is 0 Å². The van der Waals surface area contributed by atoms with Crippen molar-refractivity contribution in [3.8, 4) is 0 Å². The molecule has 126 valence electrons. The first-order valence-electron chi connectivity index (χ1n) is 8.32. The second-order valence-corrected chi connectivity index (χ2v) is 6.32. The quantitative estimate of drug-likeness (QED) is 0.801. The van der Waals surface area contributed by atoms with Crippen LogP contribution in [0.15, 0.2) is 43.1 Å². The van der Waals surface area contributed by atoms with Gasteiger partial charge in [-0.25, -0.2) is 0 Å². The topological polar surface area (TPSA) is 88.0 Å². The molecule has 0 aromatic carbocycles. The molecule has 0 spiro atoms. The minimum absolute atomic E-state index is 0.0149. The average Bonchev–Trinajstić information content (AvgIpc) is 2.58. The third-order valence-corrected chi connectivity index (χ3v) is 4.49. The fourth-order valence-corrected chi connectivity index (χ4v) is 3.05. The number of aliphatic hydroxyl groups excluding tert-OH is 1. The Morgan fingerprint density at radius 2 is 2.00 bits per heavy atom. The van der Waals surface area contributed by atoms with E-state index in [-0.39, 0.29) is 18.1 Å². The van der Waals surface area contributed by atoms with Crippen LogP contribution in [0.3, 0.4) is 0 Å². The Kier molecular flexibility index (Phi) is 5.48. The minimum Gasteiger partial charge on any atom is -0.393 e. The number of nitrogens with one attached hydrogen (secondary N) is 1. The molecule has 0 radical (unpaired) electrons. The summed E-state index contributed by atoms with van der Waals surface area (Å²) in [6.45, 7) is 0. The Balaban J connectivity index is 1.55. The normalized spacial score (nSPS) is 20.9. The third-order valence-electron chi connectivity index (χ3n) is 4.49. The molecule has 24 heavy (non-hydrogen) atoms. The van der Waals surface area contributed by atoms with Crippen molar-refractivity contribution >= 4 is 5.91 Å². The van der Waals surface area contributed by atoms with Gasteiger partial charge < -0.3 is 10.4 Å². The number of nitrogens with zero attached hydrogens (tertiary/aromatic N) is 3. The number of hydrogen-bond acceptors (Lipinski definition) is 5. The van der Waals surface area contributed by atoms with E-state index in [9.17, 15) is 9.90 Å². The number of carbonyl (C=O) groups excluding carboxylic acids is 1. The highest BCUT2D eigenvalue weighted by atomic mass is 16.3. The Labute approximate surface area is 141 Å². The van der Waals surface area contributed by atoms with Crippen LogP contribution in [0.25, 0.3) is 0 Å². The number of pyridine rings is 1. The highest BCUT2D eigenvalue weighted by Gasteiger charge is 2.34. The molecule has 1 aliphatic rings. The number of carbonyl (C=O) groups is 1. The lowest BCUT2D eigenvalue weighted by Gasteiger charge is -2.38. The first kappa shape index (κ1) is 16.5. The van der Waals surface area contributed by atoms with E-state index >= 15 is 0 Å². The number of aryl methyl sites for hydroxylation is 1. The number of hydrogen-bond donors (Lipinski definition) is 2. The molecule has 3 rings (SSSR count). The van der Waals surface area contributed by atoms with E-state index in [1.807, 2.05) is 12.1 Å². The van der Waals surface area contributed by atoms with E-state index in [0.29, 0.717) is 18.8 Å². The Morgan fingerprint density at radius 1 is 1.21 bits per heavy atom. The molecule has 1 saturated carbocycles. The molecule has 0 saturated heterocycles. The lowest BCUT2D eigenvalue weighted by atomic mass is 9.75. The van der Waals surface area contributed by atoms with Crippen molar-refractivity contribution in [3.05, 3.63) is 54.4 Å². The summed E-state index contributed by atoms with van der Waals surface area (Å²) in [4.78, 5) is 24.5. The number of aliphatic hydroxyl groups is 1. The van der Waals surface area contributed by atoms with Crippen LogP contribution in [0.1, 0.15) is 30.5 Å². The summed E-state index contributed by atoms with van der Waals surface area (Å²) in [7, 11) is 0. The maximum absolute atomic E-state index is 12.3. The van der Waals surface area contributed by atoms with Gasteiger partial charge in [0.05, 0.1) is 11.8 Å². The molecule has 2 heterocycles. The van der Waals surface area contributed by atoms with E-state index in [1.54, 1.807) is 31.0 Å². The first-order chi connectivity index (χ1) is 11.7. The van der Waals surface area contributed by atoms with Crippen LogP contribution in [0.2, 0.25) is 0 Å². The van der Waals surface area contributed by atoms with Gasteiger partial charge >= 0.3 is 0 Å². The van der Waals surface area contributed by atoms with Crippen LogP contribution in [-0.4, -0.2) is 38.1 Å². The van der Waals surface area contributed by atoms with Crippen molar-refractivity contribution in [1.82, 2.24) is 20.3 Å². The zero-order valence-electron chi connectivity index (χ0n) is 13.5. The molecule has 0 aliphatic heterocycles. The van der Waals surface area contributed by atoms with Crippen molar-refractivity contribution < 1.29 is 9.90 Å². The number of aromatic nitrogens is 3. The van der Waals surface area contributed by atoms with E-state index in [4.69, 9.17) is 0 Å². The molecule has 1 amide bonds. The van der Waals surface area contributed by atoms with Gasteiger partial charge in [0.25, 0.3) is 0 Å². The van der Waals surface area contributed by atoms with Gasteiger partial charge in [0.15, 0.2) is 0 Å². The molecule has 1 fully saturated rings. The van der Waals surface area contributed by atoms with Crippen LogP contribution < -0.4 is 5.32 Å². The molecule has 1 aliphatic carbocycles. The smallest absolute Gasteiger partial charge is 0.220 e. The average molecular weight is 326 g/mol. The van der Waals surface area contributed by atoms with Gasteiger partial charge in [-0.1, -0.05) is 0 Å². The molecular weight excluding hydrogens is 304 g/mol. The molecule has 6 heteroatoms.